The van der Waals surface area contributed by atoms with Gasteiger partial charge in [0.1, 0.15) is 0 Å². The lowest BCUT2D eigenvalue weighted by molar-refractivity contribution is -0.147. The number of ether oxygens (including phenoxy) is 2. The van der Waals surface area contributed by atoms with Gasteiger partial charge in [0.05, 0.1) is 24.7 Å². The number of hydrogen-bond donors (Lipinski definition) is 1. The van der Waals surface area contributed by atoms with Gasteiger partial charge in [-0.25, -0.2) is 0 Å². The summed E-state index contributed by atoms with van der Waals surface area (Å²) >= 11 is 6.38. The van der Waals surface area contributed by atoms with Gasteiger partial charge in [-0.05, 0) is 48.1 Å². The summed E-state index contributed by atoms with van der Waals surface area (Å²) in [6.45, 7) is 7.10. The van der Waals surface area contributed by atoms with Crippen molar-refractivity contribution in [3.63, 3.8) is 0 Å². The second-order valence-electron chi connectivity index (χ2n) is 7.86. The third kappa shape index (κ3) is 3.50. The van der Waals surface area contributed by atoms with Crippen LogP contribution in [0.4, 0.5) is 0 Å². The molecule has 2 fully saturated rings. The van der Waals surface area contributed by atoms with E-state index in [1.807, 2.05) is 11.0 Å². The molecule has 26 heavy (non-hydrogen) atoms. The van der Waals surface area contributed by atoms with Crippen molar-refractivity contribution in [1.29, 1.82) is 0 Å². The Labute approximate surface area is 160 Å². The predicted octanol–water partition coefficient (Wildman–Crippen LogP) is 2.70. The van der Waals surface area contributed by atoms with Gasteiger partial charge in [0.25, 0.3) is 0 Å². The molecule has 3 aliphatic heterocycles. The molecule has 5 nitrogen and oxygen atoms in total. The number of nitrogens with one attached hydrogen (secondary N) is 1. The van der Waals surface area contributed by atoms with Crippen molar-refractivity contribution >= 4 is 17.5 Å². The van der Waals surface area contributed by atoms with Crippen molar-refractivity contribution in [1.82, 2.24) is 10.2 Å². The SMILES string of the molecule is CC1(C(=O)N2CCc3cc(Cl)cc([C@@H]4COCCN4)c3C2)CCOCC1. The molecule has 0 spiro atoms. The summed E-state index contributed by atoms with van der Waals surface area (Å²) in [6.07, 6.45) is 2.47. The Morgan fingerprint density at radius 1 is 1.27 bits per heavy atom. The van der Waals surface area contributed by atoms with Crippen LogP contribution in [-0.4, -0.2) is 50.3 Å². The number of benzene rings is 1. The highest BCUT2D eigenvalue weighted by Gasteiger charge is 2.39. The summed E-state index contributed by atoms with van der Waals surface area (Å²) in [4.78, 5) is 15.3. The monoisotopic (exact) mass is 378 g/mol. The van der Waals surface area contributed by atoms with Gasteiger partial charge >= 0.3 is 0 Å². The normalized spacial score (nSPS) is 25.6. The molecular weight excluding hydrogens is 352 g/mol. The van der Waals surface area contributed by atoms with Crippen molar-refractivity contribution in [2.24, 2.45) is 5.41 Å². The van der Waals surface area contributed by atoms with Crippen LogP contribution in [0.3, 0.4) is 0 Å². The molecule has 1 atom stereocenters. The molecule has 4 rings (SSSR count). The van der Waals surface area contributed by atoms with Crippen LogP contribution in [0.15, 0.2) is 12.1 Å². The second kappa shape index (κ2) is 7.47. The average Bonchev–Trinajstić information content (AvgIpc) is 2.67. The molecule has 3 heterocycles. The molecule has 142 valence electrons. The Balaban J connectivity index is 1.60. The molecule has 1 aromatic carbocycles. The molecule has 1 aromatic rings. The standard InChI is InChI=1S/C20H27ClN2O3/c1-20(3-7-25-8-4-20)19(24)23-6-2-14-10-15(21)11-16(17(14)12-23)18-13-26-9-5-22-18/h10-11,18,22H,2-9,12-13H2,1H3/t18-/m0/s1. The summed E-state index contributed by atoms with van der Waals surface area (Å²) in [6, 6.07) is 4.24. The van der Waals surface area contributed by atoms with E-state index in [4.69, 9.17) is 21.1 Å². The molecule has 0 aromatic heterocycles. The Kier molecular flexibility index (Phi) is 5.24. The highest BCUT2D eigenvalue weighted by atomic mass is 35.5. The van der Waals surface area contributed by atoms with Gasteiger partial charge in [-0.2, -0.15) is 0 Å². The molecule has 1 amide bonds. The first-order valence-electron chi connectivity index (χ1n) is 9.56. The number of rotatable bonds is 2. The second-order valence-corrected chi connectivity index (χ2v) is 8.30. The number of nitrogens with zero attached hydrogens (tertiary/aromatic N) is 1. The lowest BCUT2D eigenvalue weighted by Gasteiger charge is -2.40. The molecule has 0 radical (unpaired) electrons. The lowest BCUT2D eigenvalue weighted by Crippen LogP contribution is -2.47. The van der Waals surface area contributed by atoms with Gasteiger partial charge in [0.2, 0.25) is 5.91 Å². The Morgan fingerprint density at radius 2 is 2.08 bits per heavy atom. The van der Waals surface area contributed by atoms with E-state index >= 15 is 0 Å². The average molecular weight is 379 g/mol. The molecule has 2 saturated heterocycles. The molecule has 6 heteroatoms. The van der Waals surface area contributed by atoms with E-state index in [2.05, 4.69) is 18.3 Å². The maximum atomic E-state index is 13.2. The van der Waals surface area contributed by atoms with Crippen molar-refractivity contribution in [2.45, 2.75) is 38.8 Å². The molecule has 0 saturated carbocycles. The minimum atomic E-state index is -0.297. The fourth-order valence-corrected chi connectivity index (χ4v) is 4.57. The highest BCUT2D eigenvalue weighted by Crippen LogP contribution is 2.36. The number of morpholine rings is 1. The third-order valence-corrected chi connectivity index (χ3v) is 6.26. The van der Waals surface area contributed by atoms with E-state index in [0.717, 1.165) is 44.0 Å². The number of carbonyl (C=O) groups is 1. The first-order chi connectivity index (χ1) is 12.6. The van der Waals surface area contributed by atoms with Gasteiger partial charge in [-0.1, -0.05) is 18.5 Å². The fraction of sp³-hybridized carbons (Fsp3) is 0.650. The number of halogens is 1. The van der Waals surface area contributed by atoms with E-state index in [-0.39, 0.29) is 17.4 Å². The van der Waals surface area contributed by atoms with Crippen molar-refractivity contribution < 1.29 is 14.3 Å². The van der Waals surface area contributed by atoms with Crippen molar-refractivity contribution in [2.75, 3.05) is 39.5 Å². The largest absolute Gasteiger partial charge is 0.381 e. The number of hydrogen-bond acceptors (Lipinski definition) is 4. The minimum absolute atomic E-state index is 0.143. The van der Waals surface area contributed by atoms with Gasteiger partial charge in [0, 0.05) is 37.9 Å². The van der Waals surface area contributed by atoms with Crippen LogP contribution in [-0.2, 0) is 27.2 Å². The van der Waals surface area contributed by atoms with E-state index < -0.39 is 0 Å². The van der Waals surface area contributed by atoms with Crippen LogP contribution in [0, 0.1) is 5.41 Å². The smallest absolute Gasteiger partial charge is 0.228 e. The van der Waals surface area contributed by atoms with E-state index in [1.165, 1.54) is 16.7 Å². The van der Waals surface area contributed by atoms with E-state index in [0.29, 0.717) is 26.4 Å². The topological polar surface area (TPSA) is 50.8 Å². The zero-order chi connectivity index (χ0) is 18.1. The van der Waals surface area contributed by atoms with Gasteiger partial charge in [0.15, 0.2) is 0 Å². The molecule has 1 N–H and O–H groups in total. The first-order valence-corrected chi connectivity index (χ1v) is 9.94. The molecule has 0 unspecified atom stereocenters. The van der Waals surface area contributed by atoms with Crippen LogP contribution in [0.5, 0.6) is 0 Å². The Hall–Kier alpha value is -1.14. The quantitative estimate of drug-likeness (QED) is 0.859. The molecule has 0 bridgehead atoms. The van der Waals surface area contributed by atoms with Crippen molar-refractivity contribution in [3.05, 3.63) is 33.8 Å². The minimum Gasteiger partial charge on any atom is -0.381 e. The fourth-order valence-electron chi connectivity index (χ4n) is 4.32. The first kappa shape index (κ1) is 18.2. The highest BCUT2D eigenvalue weighted by molar-refractivity contribution is 6.30. The van der Waals surface area contributed by atoms with Crippen LogP contribution >= 0.6 is 11.6 Å². The molecular formula is C20H27ClN2O3. The predicted molar refractivity (Wildman–Crippen MR) is 100 cm³/mol. The molecule has 0 aliphatic carbocycles. The van der Waals surface area contributed by atoms with Gasteiger partial charge in [-0.15, -0.1) is 0 Å². The van der Waals surface area contributed by atoms with Crippen LogP contribution in [0.2, 0.25) is 5.02 Å². The summed E-state index contributed by atoms with van der Waals surface area (Å²) in [5.74, 6) is 0.264. The van der Waals surface area contributed by atoms with Gasteiger partial charge < -0.3 is 19.7 Å². The third-order valence-electron chi connectivity index (χ3n) is 6.04. The zero-order valence-electron chi connectivity index (χ0n) is 15.4. The maximum absolute atomic E-state index is 13.2. The number of carbonyl (C=O) groups excluding carboxylic acids is 1. The van der Waals surface area contributed by atoms with Gasteiger partial charge in [-0.3, -0.25) is 4.79 Å². The molecule has 3 aliphatic rings. The summed E-state index contributed by atoms with van der Waals surface area (Å²) in [5, 5.41) is 4.29. The van der Waals surface area contributed by atoms with Crippen LogP contribution < -0.4 is 5.32 Å². The summed E-state index contributed by atoms with van der Waals surface area (Å²) in [7, 11) is 0. The summed E-state index contributed by atoms with van der Waals surface area (Å²) in [5.41, 5.74) is 3.39. The van der Waals surface area contributed by atoms with Crippen LogP contribution in [0.1, 0.15) is 42.5 Å². The Bertz CT molecular complexity index is 682. The lowest BCUT2D eigenvalue weighted by atomic mass is 9.80. The van der Waals surface area contributed by atoms with E-state index in [1.54, 1.807) is 0 Å². The zero-order valence-corrected chi connectivity index (χ0v) is 16.1. The number of amides is 1. The van der Waals surface area contributed by atoms with Crippen LogP contribution in [0.25, 0.3) is 0 Å². The number of fused-ring (bicyclic) bond motifs is 1. The van der Waals surface area contributed by atoms with E-state index in [9.17, 15) is 4.79 Å². The summed E-state index contributed by atoms with van der Waals surface area (Å²) < 4.78 is 11.1. The van der Waals surface area contributed by atoms with Crippen molar-refractivity contribution in [3.8, 4) is 0 Å². The Morgan fingerprint density at radius 3 is 2.81 bits per heavy atom. The maximum Gasteiger partial charge on any atom is 0.228 e.